The monoisotopic (exact) mass is 681 g/mol. The fourth-order valence-electron chi connectivity index (χ4n) is 6.57. The lowest BCUT2D eigenvalue weighted by Crippen LogP contribution is -2.46. The number of ketones is 1. The Kier molecular flexibility index (Phi) is 11.2. The van der Waals surface area contributed by atoms with Crippen LogP contribution < -0.4 is 10.1 Å². The normalized spacial score (nSPS) is 33.7. The number of esters is 1. The Labute approximate surface area is 286 Å². The maximum Gasteiger partial charge on any atom is 0.312 e. The molecule has 9 atom stereocenters. The Balaban J connectivity index is 1.84. The second-order valence-electron chi connectivity index (χ2n) is 13.3. The number of carbonyl (C=O) groups excluding carboxylic acids is 3. The van der Waals surface area contributed by atoms with Crippen molar-refractivity contribution in [3.8, 4) is 17.2 Å². The first-order chi connectivity index (χ1) is 22.9. The fourth-order valence-corrected chi connectivity index (χ4v) is 6.57. The van der Waals surface area contributed by atoms with Crippen LogP contribution in [-0.4, -0.2) is 75.4 Å². The molecule has 0 aliphatic carbocycles. The molecule has 3 aliphatic heterocycles. The van der Waals surface area contributed by atoms with Crippen molar-refractivity contribution in [3.05, 3.63) is 59.4 Å². The highest BCUT2D eigenvalue weighted by Crippen LogP contribution is 2.50. The van der Waals surface area contributed by atoms with Crippen molar-refractivity contribution in [2.45, 2.75) is 85.6 Å². The van der Waals surface area contributed by atoms with Crippen molar-refractivity contribution in [2.75, 3.05) is 12.4 Å². The number of nitrogens with one attached hydrogen (secondary N) is 1. The zero-order chi connectivity index (χ0) is 36.5. The van der Waals surface area contributed by atoms with Gasteiger partial charge in [0.05, 0.1) is 41.2 Å². The molecule has 0 saturated carbocycles. The Morgan fingerprint density at radius 2 is 1.63 bits per heavy atom. The lowest BCUT2D eigenvalue weighted by atomic mass is 9.78. The summed E-state index contributed by atoms with van der Waals surface area (Å²) in [5, 5.41) is 47.7. The van der Waals surface area contributed by atoms with Gasteiger partial charge in [-0.15, -0.1) is 0 Å². The van der Waals surface area contributed by atoms with Gasteiger partial charge in [0.1, 0.15) is 17.6 Å². The molecule has 0 fully saturated rings. The Morgan fingerprint density at radius 1 is 0.959 bits per heavy atom. The number of amides is 1. The SMILES string of the molecule is CO[C@H]1/C=C/O[C@@]2(C)Oc3c(C)c(O)c4c(O)c(ccc4c3C2=O)NC(=O)/C(C)=C\C=C\[C@H](C)[C@H](O)[C@@H](C)[C@@H](O)[C@@H](C)[C@H](OC(C)=O)[C@@H]1C. The Morgan fingerprint density at radius 3 is 2.27 bits per heavy atom. The number of phenolic OH excluding ortho intramolecular Hbond substituents is 2. The minimum Gasteiger partial charge on any atom is -0.507 e. The molecule has 12 heteroatoms. The predicted octanol–water partition coefficient (Wildman–Crippen LogP) is 5.05. The molecular weight excluding hydrogens is 634 g/mol. The van der Waals surface area contributed by atoms with Crippen LogP contribution in [0.25, 0.3) is 10.8 Å². The van der Waals surface area contributed by atoms with E-state index in [9.17, 15) is 34.8 Å². The molecule has 266 valence electrons. The predicted molar refractivity (Wildman–Crippen MR) is 182 cm³/mol. The number of hydrogen-bond donors (Lipinski definition) is 5. The van der Waals surface area contributed by atoms with Crippen LogP contribution in [0.5, 0.6) is 17.2 Å². The average molecular weight is 682 g/mol. The van der Waals surface area contributed by atoms with Gasteiger partial charge >= 0.3 is 11.8 Å². The van der Waals surface area contributed by atoms with Crippen LogP contribution in [0.15, 0.2) is 48.3 Å². The quantitative estimate of drug-likeness (QED) is 0.211. The van der Waals surface area contributed by atoms with E-state index in [1.165, 1.54) is 52.4 Å². The van der Waals surface area contributed by atoms with Gasteiger partial charge in [0.2, 0.25) is 0 Å². The third-order valence-corrected chi connectivity index (χ3v) is 9.76. The number of aliphatic hydroxyl groups excluding tert-OH is 2. The van der Waals surface area contributed by atoms with E-state index < -0.39 is 77.3 Å². The number of Topliss-reactive ketones (excluding diaryl/α,β-unsaturated/α-hetero) is 1. The standard InChI is InChI=1S/C37H47NO11/c1-17-11-10-12-18(2)36(45)38-25-14-13-24-27(32(25)43)31(42)22(6)34-28(24)35(44)37(8,49-34)47-16-15-26(46-9)19(3)33(48-23(7)39)21(5)30(41)20(4)29(17)40/h10-17,19-21,26,29-30,33,40-43H,1-9H3,(H,38,45)/b11-10+,16-15+,18-12-/t17-,19+,20+,21+,26-,29-,30+,33+,37-/m0/s1. The Bertz CT molecular complexity index is 1710. The van der Waals surface area contributed by atoms with Gasteiger partial charge in [-0.2, -0.15) is 0 Å². The maximum atomic E-state index is 13.9. The van der Waals surface area contributed by atoms with E-state index in [1.807, 2.05) is 0 Å². The zero-order valence-corrected chi connectivity index (χ0v) is 29.3. The number of carbonyl (C=O) groups is 3. The summed E-state index contributed by atoms with van der Waals surface area (Å²) >= 11 is 0. The number of methoxy groups -OCH3 is 1. The first kappa shape index (κ1) is 37.4. The number of aliphatic hydroxyl groups is 2. The van der Waals surface area contributed by atoms with Crippen LogP contribution in [0.1, 0.15) is 64.4 Å². The van der Waals surface area contributed by atoms with Gasteiger partial charge in [-0.1, -0.05) is 52.0 Å². The Hall–Kier alpha value is -4.39. The molecule has 5 N–H and O–H groups in total. The minimum absolute atomic E-state index is 0.0131. The molecule has 5 bridgehead atoms. The molecule has 5 rings (SSSR count). The molecule has 1 amide bonds. The third kappa shape index (κ3) is 7.17. The van der Waals surface area contributed by atoms with E-state index in [0.29, 0.717) is 0 Å². The molecule has 2 aromatic carbocycles. The van der Waals surface area contributed by atoms with Crippen molar-refractivity contribution in [1.82, 2.24) is 0 Å². The van der Waals surface area contributed by atoms with E-state index >= 15 is 0 Å². The number of phenols is 2. The van der Waals surface area contributed by atoms with Crippen molar-refractivity contribution >= 4 is 34.1 Å². The van der Waals surface area contributed by atoms with Crippen LogP contribution >= 0.6 is 0 Å². The summed E-state index contributed by atoms with van der Waals surface area (Å²) in [5.74, 6) is -6.49. The molecule has 12 nitrogen and oxygen atoms in total. The van der Waals surface area contributed by atoms with Gasteiger partial charge in [-0.05, 0) is 26.0 Å². The second kappa shape index (κ2) is 14.6. The number of anilines is 1. The van der Waals surface area contributed by atoms with E-state index in [0.717, 1.165) is 0 Å². The lowest BCUT2D eigenvalue weighted by Gasteiger charge is -2.38. The van der Waals surface area contributed by atoms with Gasteiger partial charge < -0.3 is 44.7 Å². The molecule has 0 radical (unpaired) electrons. The summed E-state index contributed by atoms with van der Waals surface area (Å²) in [6.07, 6.45) is 3.98. The minimum atomic E-state index is -1.86. The van der Waals surface area contributed by atoms with Crippen molar-refractivity contribution < 1.29 is 53.8 Å². The highest BCUT2D eigenvalue weighted by Gasteiger charge is 2.49. The molecule has 2 aromatic rings. The first-order valence-corrected chi connectivity index (χ1v) is 16.3. The fraction of sp³-hybridized carbons (Fsp3) is 0.486. The molecule has 3 heterocycles. The number of rotatable bonds is 2. The van der Waals surface area contributed by atoms with Gasteiger partial charge in [0.25, 0.3) is 11.7 Å². The summed E-state index contributed by atoms with van der Waals surface area (Å²) < 4.78 is 23.3. The van der Waals surface area contributed by atoms with Gasteiger partial charge in [-0.3, -0.25) is 14.4 Å². The molecular formula is C37H47NO11. The molecule has 0 aromatic heterocycles. The number of hydrogen-bond acceptors (Lipinski definition) is 11. The topological polar surface area (TPSA) is 181 Å². The van der Waals surface area contributed by atoms with Gasteiger partial charge in [0.15, 0.2) is 5.75 Å². The molecule has 0 unspecified atom stereocenters. The first-order valence-electron chi connectivity index (χ1n) is 16.3. The largest absolute Gasteiger partial charge is 0.507 e. The number of benzene rings is 2. The van der Waals surface area contributed by atoms with Crippen molar-refractivity contribution in [2.24, 2.45) is 23.7 Å². The number of allylic oxidation sites excluding steroid dienone is 2. The average Bonchev–Trinajstić information content (AvgIpc) is 3.32. The van der Waals surface area contributed by atoms with E-state index in [2.05, 4.69) is 5.32 Å². The summed E-state index contributed by atoms with van der Waals surface area (Å²) in [6, 6.07) is 2.92. The van der Waals surface area contributed by atoms with Crippen LogP contribution in [0.4, 0.5) is 5.69 Å². The number of fused-ring (bicyclic) bond motifs is 14. The van der Waals surface area contributed by atoms with Crippen LogP contribution in [0.2, 0.25) is 0 Å². The van der Waals surface area contributed by atoms with Gasteiger partial charge in [-0.25, -0.2) is 0 Å². The van der Waals surface area contributed by atoms with Gasteiger partial charge in [0, 0.05) is 61.2 Å². The van der Waals surface area contributed by atoms with E-state index in [1.54, 1.807) is 52.8 Å². The second-order valence-corrected chi connectivity index (χ2v) is 13.3. The van der Waals surface area contributed by atoms with E-state index in [-0.39, 0.29) is 44.7 Å². The van der Waals surface area contributed by atoms with Crippen LogP contribution in [-0.2, 0) is 23.8 Å². The summed E-state index contributed by atoms with van der Waals surface area (Å²) in [7, 11) is 1.46. The van der Waals surface area contributed by atoms with Crippen LogP contribution in [0, 0.1) is 30.6 Å². The van der Waals surface area contributed by atoms with E-state index in [4.69, 9.17) is 18.9 Å². The molecule has 49 heavy (non-hydrogen) atoms. The highest BCUT2D eigenvalue weighted by molar-refractivity contribution is 6.19. The molecule has 0 saturated heterocycles. The number of aromatic hydroxyl groups is 2. The highest BCUT2D eigenvalue weighted by atomic mass is 16.7. The third-order valence-electron chi connectivity index (χ3n) is 9.76. The van der Waals surface area contributed by atoms with Crippen molar-refractivity contribution in [1.29, 1.82) is 0 Å². The molecule has 0 spiro atoms. The van der Waals surface area contributed by atoms with Crippen LogP contribution in [0.3, 0.4) is 0 Å². The van der Waals surface area contributed by atoms with Crippen molar-refractivity contribution in [3.63, 3.8) is 0 Å². The summed E-state index contributed by atoms with van der Waals surface area (Å²) in [4.78, 5) is 39.2. The maximum absolute atomic E-state index is 13.9. The molecule has 3 aliphatic rings. The lowest BCUT2D eigenvalue weighted by molar-refractivity contribution is -0.160. The summed E-state index contributed by atoms with van der Waals surface area (Å²) in [6.45, 7) is 12.8. The zero-order valence-electron chi connectivity index (χ0n) is 29.3. The number of ether oxygens (including phenoxy) is 4. The summed E-state index contributed by atoms with van der Waals surface area (Å²) in [5.41, 5.74) is 0.561. The smallest absolute Gasteiger partial charge is 0.312 e.